The van der Waals surface area contributed by atoms with E-state index >= 15 is 0 Å². The molecular weight excluding hydrogens is 408 g/mol. The first-order valence-corrected chi connectivity index (χ1v) is 11.7. The van der Waals surface area contributed by atoms with E-state index in [0.717, 1.165) is 42.8 Å². The van der Waals surface area contributed by atoms with Crippen molar-refractivity contribution in [2.24, 2.45) is 17.8 Å². The first kappa shape index (κ1) is 21.2. The van der Waals surface area contributed by atoms with Gasteiger partial charge in [-0.3, -0.25) is 24.3 Å². The Kier molecular flexibility index (Phi) is 4.90. The molecule has 6 rings (SSSR count). The molecule has 2 aromatic rings. The molecule has 4 saturated carbocycles. The summed E-state index contributed by atoms with van der Waals surface area (Å²) < 4.78 is 3.72. The van der Waals surface area contributed by atoms with Gasteiger partial charge in [-0.2, -0.15) is 10.2 Å². The highest BCUT2D eigenvalue weighted by molar-refractivity contribution is 5.95. The Labute approximate surface area is 187 Å². The maximum Gasteiger partial charge on any atom is 0.320 e. The second-order valence-corrected chi connectivity index (χ2v) is 10.3. The third-order valence-corrected chi connectivity index (χ3v) is 8.16. The number of hydrogen-bond donors (Lipinski definition) is 0. The molecule has 0 atom stereocenters. The Morgan fingerprint density at radius 3 is 2.28 bits per heavy atom. The molecule has 1 amide bonds. The standard InChI is InChI=1S/C23H32N6O3/c1-5-27-15(3)19(14(2)24-27)12-26(4)22(30)21-20(29(31)32)13-28(25-21)23-9-16-6-17(10-23)8-18(7-16)11-23/h13,16-18H,5-12H2,1-4H3. The van der Waals surface area contributed by atoms with Crippen LogP contribution >= 0.6 is 0 Å². The van der Waals surface area contributed by atoms with Crippen molar-refractivity contribution in [3.8, 4) is 0 Å². The summed E-state index contributed by atoms with van der Waals surface area (Å²) >= 11 is 0. The minimum atomic E-state index is -0.462. The van der Waals surface area contributed by atoms with Crippen molar-refractivity contribution in [3.63, 3.8) is 0 Å². The fourth-order valence-electron chi connectivity index (χ4n) is 7.00. The quantitative estimate of drug-likeness (QED) is 0.502. The van der Waals surface area contributed by atoms with E-state index in [1.807, 2.05) is 30.1 Å². The lowest BCUT2D eigenvalue weighted by Gasteiger charge is -2.56. The van der Waals surface area contributed by atoms with E-state index in [1.54, 1.807) is 7.05 Å². The number of rotatable bonds is 6. The number of carbonyl (C=O) groups is 1. The second-order valence-electron chi connectivity index (χ2n) is 10.3. The molecule has 0 aliphatic heterocycles. The molecule has 9 nitrogen and oxygen atoms in total. The average Bonchev–Trinajstić information content (AvgIpc) is 3.30. The molecule has 0 unspecified atom stereocenters. The minimum Gasteiger partial charge on any atom is -0.336 e. The number of aromatic nitrogens is 4. The Hall–Kier alpha value is -2.71. The average molecular weight is 441 g/mol. The fourth-order valence-corrected chi connectivity index (χ4v) is 7.00. The Morgan fingerprint density at radius 2 is 1.78 bits per heavy atom. The van der Waals surface area contributed by atoms with Gasteiger partial charge in [0, 0.05) is 31.4 Å². The topological polar surface area (TPSA) is 99.1 Å². The SMILES string of the molecule is CCn1nc(C)c(CN(C)C(=O)c2nn(C34CC5CC(CC(C5)C3)C4)cc2[N+](=O)[O-])c1C. The largest absolute Gasteiger partial charge is 0.336 e. The highest BCUT2D eigenvalue weighted by Gasteiger charge is 2.53. The van der Waals surface area contributed by atoms with Crippen molar-refractivity contribution in [2.45, 2.75) is 77.9 Å². The maximum absolute atomic E-state index is 13.3. The summed E-state index contributed by atoms with van der Waals surface area (Å²) in [6, 6.07) is 0. The molecule has 0 radical (unpaired) electrons. The highest BCUT2D eigenvalue weighted by Crippen LogP contribution is 2.58. The summed E-state index contributed by atoms with van der Waals surface area (Å²) in [6.07, 6.45) is 8.44. The van der Waals surface area contributed by atoms with Gasteiger partial charge in [0.25, 0.3) is 5.91 Å². The molecule has 0 saturated heterocycles. The number of amides is 1. The summed E-state index contributed by atoms with van der Waals surface area (Å²) in [4.78, 5) is 26.3. The monoisotopic (exact) mass is 440 g/mol. The van der Waals surface area contributed by atoms with Crippen LogP contribution in [0.4, 0.5) is 5.69 Å². The summed E-state index contributed by atoms with van der Waals surface area (Å²) in [5.41, 5.74) is 2.47. The number of carbonyl (C=O) groups excluding carboxylic acids is 1. The Morgan fingerprint density at radius 1 is 1.19 bits per heavy atom. The van der Waals surface area contributed by atoms with Gasteiger partial charge in [0.2, 0.25) is 5.69 Å². The summed E-state index contributed by atoms with van der Waals surface area (Å²) in [7, 11) is 1.68. The van der Waals surface area contributed by atoms with Gasteiger partial charge in [-0.25, -0.2) is 0 Å². The van der Waals surface area contributed by atoms with Crippen LogP contribution in [0.3, 0.4) is 0 Å². The number of nitro groups is 1. The molecule has 4 bridgehead atoms. The van der Waals surface area contributed by atoms with E-state index in [4.69, 9.17) is 0 Å². The summed E-state index contributed by atoms with van der Waals surface area (Å²) in [6.45, 7) is 7.04. The third kappa shape index (κ3) is 3.24. The van der Waals surface area contributed by atoms with E-state index in [1.165, 1.54) is 30.4 Å². The highest BCUT2D eigenvalue weighted by atomic mass is 16.6. The molecule has 9 heteroatoms. The van der Waals surface area contributed by atoms with Crippen LogP contribution in [0.1, 0.15) is 72.9 Å². The predicted octanol–water partition coefficient (Wildman–Crippen LogP) is 3.82. The Balaban J connectivity index is 1.45. The molecule has 4 aliphatic carbocycles. The first-order chi connectivity index (χ1) is 15.2. The maximum atomic E-state index is 13.3. The van der Waals surface area contributed by atoms with Gasteiger partial charge in [0.15, 0.2) is 0 Å². The zero-order valence-corrected chi connectivity index (χ0v) is 19.4. The van der Waals surface area contributed by atoms with Crippen LogP contribution < -0.4 is 0 Å². The van der Waals surface area contributed by atoms with Crippen LogP contribution in [-0.4, -0.2) is 42.3 Å². The molecule has 4 aliphatic rings. The second kappa shape index (κ2) is 7.42. The van der Waals surface area contributed by atoms with Crippen LogP contribution in [0.15, 0.2) is 6.20 Å². The van der Waals surface area contributed by atoms with Gasteiger partial charge >= 0.3 is 5.69 Å². The lowest BCUT2D eigenvalue weighted by molar-refractivity contribution is -0.385. The van der Waals surface area contributed by atoms with Crippen LogP contribution in [0.2, 0.25) is 0 Å². The number of aryl methyl sites for hydroxylation is 2. The van der Waals surface area contributed by atoms with Crippen molar-refractivity contribution in [1.29, 1.82) is 0 Å². The van der Waals surface area contributed by atoms with Crippen LogP contribution in [0.5, 0.6) is 0 Å². The molecule has 172 valence electrons. The predicted molar refractivity (Wildman–Crippen MR) is 118 cm³/mol. The first-order valence-electron chi connectivity index (χ1n) is 11.7. The van der Waals surface area contributed by atoms with Gasteiger partial charge in [-0.05, 0) is 77.0 Å². The van der Waals surface area contributed by atoms with Gasteiger partial charge < -0.3 is 4.90 Å². The molecule has 2 heterocycles. The molecule has 2 aromatic heterocycles. The third-order valence-electron chi connectivity index (χ3n) is 8.16. The van der Waals surface area contributed by atoms with Crippen LogP contribution in [0.25, 0.3) is 0 Å². The van der Waals surface area contributed by atoms with E-state index in [0.29, 0.717) is 24.3 Å². The zero-order chi connectivity index (χ0) is 22.8. The van der Waals surface area contributed by atoms with E-state index in [2.05, 4.69) is 10.2 Å². The lowest BCUT2D eigenvalue weighted by atomic mass is 9.53. The lowest BCUT2D eigenvalue weighted by Crippen LogP contribution is -2.52. The molecule has 0 aromatic carbocycles. The molecule has 0 spiro atoms. The summed E-state index contributed by atoms with van der Waals surface area (Å²) in [5.74, 6) is 1.65. The smallest absolute Gasteiger partial charge is 0.320 e. The number of hydrogen-bond acceptors (Lipinski definition) is 5. The van der Waals surface area contributed by atoms with Gasteiger partial charge in [0.1, 0.15) is 6.20 Å². The van der Waals surface area contributed by atoms with Crippen molar-refractivity contribution in [1.82, 2.24) is 24.5 Å². The Bertz CT molecular complexity index is 1050. The zero-order valence-electron chi connectivity index (χ0n) is 19.4. The van der Waals surface area contributed by atoms with E-state index in [9.17, 15) is 14.9 Å². The van der Waals surface area contributed by atoms with Crippen molar-refractivity contribution < 1.29 is 9.72 Å². The van der Waals surface area contributed by atoms with Crippen molar-refractivity contribution in [2.75, 3.05) is 7.05 Å². The fraction of sp³-hybridized carbons (Fsp3) is 0.696. The molecule has 32 heavy (non-hydrogen) atoms. The van der Waals surface area contributed by atoms with Gasteiger partial charge in [-0.15, -0.1) is 0 Å². The molecule has 0 N–H and O–H groups in total. The number of nitrogens with zero attached hydrogens (tertiary/aromatic N) is 6. The normalized spacial score (nSPS) is 28.3. The van der Waals surface area contributed by atoms with Crippen molar-refractivity contribution >= 4 is 11.6 Å². The molecular formula is C23H32N6O3. The van der Waals surface area contributed by atoms with Crippen LogP contribution in [-0.2, 0) is 18.6 Å². The van der Waals surface area contributed by atoms with Crippen LogP contribution in [0, 0.1) is 41.7 Å². The summed E-state index contributed by atoms with van der Waals surface area (Å²) in [5, 5.41) is 21.0. The van der Waals surface area contributed by atoms with Crippen molar-refractivity contribution in [3.05, 3.63) is 39.0 Å². The van der Waals surface area contributed by atoms with Gasteiger partial charge in [0.05, 0.1) is 16.2 Å². The van der Waals surface area contributed by atoms with E-state index < -0.39 is 10.8 Å². The van der Waals surface area contributed by atoms with E-state index in [-0.39, 0.29) is 16.9 Å². The minimum absolute atomic E-state index is 0.0496. The molecule has 4 fully saturated rings. The van der Waals surface area contributed by atoms with Gasteiger partial charge in [-0.1, -0.05) is 0 Å².